The first-order valence-corrected chi connectivity index (χ1v) is 4.95. The lowest BCUT2D eigenvalue weighted by Crippen LogP contribution is -2.37. The molecule has 0 spiro atoms. The zero-order valence-corrected chi connectivity index (χ0v) is 8.71. The van der Waals surface area contributed by atoms with Crippen LogP contribution in [0.15, 0.2) is 0 Å². The van der Waals surface area contributed by atoms with E-state index in [1.165, 1.54) is 6.54 Å². The Morgan fingerprint density at radius 2 is 1.92 bits per heavy atom. The van der Waals surface area contributed by atoms with E-state index >= 15 is 0 Å². The maximum Gasteiger partial charge on any atom is 0.0936 e. The molecule has 1 aliphatic rings. The zero-order valence-electron chi connectivity index (χ0n) is 8.71. The van der Waals surface area contributed by atoms with Crippen LogP contribution in [0.4, 0.5) is 0 Å². The van der Waals surface area contributed by atoms with Gasteiger partial charge in [0.05, 0.1) is 12.7 Å². The minimum atomic E-state index is 0.533. The Kier molecular flexibility index (Phi) is 3.53. The SMILES string of the molecule is CC(C)CN(CC1CO1)C(C)C. The van der Waals surface area contributed by atoms with Crippen molar-refractivity contribution in [1.29, 1.82) is 0 Å². The van der Waals surface area contributed by atoms with Crippen molar-refractivity contribution < 1.29 is 4.74 Å². The molecule has 1 saturated heterocycles. The van der Waals surface area contributed by atoms with Gasteiger partial charge in [-0.15, -0.1) is 0 Å². The van der Waals surface area contributed by atoms with Crippen molar-refractivity contribution in [1.82, 2.24) is 4.90 Å². The summed E-state index contributed by atoms with van der Waals surface area (Å²) in [4.78, 5) is 2.50. The molecule has 0 bridgehead atoms. The highest BCUT2D eigenvalue weighted by molar-refractivity contribution is 4.76. The Hall–Kier alpha value is -0.0800. The van der Waals surface area contributed by atoms with Crippen molar-refractivity contribution in [2.75, 3.05) is 19.7 Å². The van der Waals surface area contributed by atoms with E-state index in [1.807, 2.05) is 0 Å². The molecule has 0 saturated carbocycles. The fourth-order valence-corrected chi connectivity index (χ4v) is 1.40. The highest BCUT2D eigenvalue weighted by atomic mass is 16.6. The average molecular weight is 171 g/mol. The van der Waals surface area contributed by atoms with Gasteiger partial charge in [-0.25, -0.2) is 0 Å². The van der Waals surface area contributed by atoms with Crippen molar-refractivity contribution in [3.8, 4) is 0 Å². The predicted octanol–water partition coefficient (Wildman–Crippen LogP) is 1.75. The van der Waals surface area contributed by atoms with Gasteiger partial charge in [0.15, 0.2) is 0 Å². The van der Waals surface area contributed by atoms with Crippen LogP contribution in [0.3, 0.4) is 0 Å². The Balaban J connectivity index is 2.26. The molecule has 2 nitrogen and oxygen atoms in total. The average Bonchev–Trinajstić information content (AvgIpc) is 2.68. The van der Waals surface area contributed by atoms with Gasteiger partial charge in [0.2, 0.25) is 0 Å². The van der Waals surface area contributed by atoms with Crippen LogP contribution in [0.2, 0.25) is 0 Å². The molecule has 1 rings (SSSR count). The van der Waals surface area contributed by atoms with Crippen LogP contribution in [0, 0.1) is 5.92 Å². The minimum Gasteiger partial charge on any atom is -0.372 e. The second-order valence-corrected chi connectivity index (χ2v) is 4.40. The molecule has 0 aromatic heterocycles. The molecular weight excluding hydrogens is 150 g/mol. The summed E-state index contributed by atoms with van der Waals surface area (Å²) in [5, 5.41) is 0. The van der Waals surface area contributed by atoms with E-state index < -0.39 is 0 Å². The van der Waals surface area contributed by atoms with Gasteiger partial charge in [0.1, 0.15) is 0 Å². The number of rotatable bonds is 5. The molecular formula is C10H21NO. The maximum atomic E-state index is 5.23. The molecule has 0 amide bonds. The summed E-state index contributed by atoms with van der Waals surface area (Å²) in [5.41, 5.74) is 0. The van der Waals surface area contributed by atoms with Gasteiger partial charge in [0.25, 0.3) is 0 Å². The van der Waals surface area contributed by atoms with Gasteiger partial charge in [-0.05, 0) is 19.8 Å². The van der Waals surface area contributed by atoms with Crippen LogP contribution in [-0.2, 0) is 4.74 Å². The van der Waals surface area contributed by atoms with E-state index in [9.17, 15) is 0 Å². The summed E-state index contributed by atoms with van der Waals surface area (Å²) in [6, 6.07) is 0.650. The maximum absolute atomic E-state index is 5.23. The number of hydrogen-bond donors (Lipinski definition) is 0. The molecule has 0 aromatic rings. The van der Waals surface area contributed by atoms with Crippen LogP contribution in [0.5, 0.6) is 0 Å². The molecule has 1 fully saturated rings. The third kappa shape index (κ3) is 3.55. The van der Waals surface area contributed by atoms with Gasteiger partial charge < -0.3 is 4.74 Å². The van der Waals surface area contributed by atoms with E-state index in [-0.39, 0.29) is 0 Å². The summed E-state index contributed by atoms with van der Waals surface area (Å²) in [7, 11) is 0. The Bertz CT molecular complexity index is 126. The predicted molar refractivity (Wildman–Crippen MR) is 51.3 cm³/mol. The van der Waals surface area contributed by atoms with E-state index in [0.29, 0.717) is 12.1 Å². The lowest BCUT2D eigenvalue weighted by molar-refractivity contribution is 0.179. The Labute approximate surface area is 75.9 Å². The number of hydrogen-bond acceptors (Lipinski definition) is 2. The van der Waals surface area contributed by atoms with Gasteiger partial charge in [-0.1, -0.05) is 13.8 Å². The van der Waals surface area contributed by atoms with E-state index in [4.69, 9.17) is 4.74 Å². The van der Waals surface area contributed by atoms with Crippen LogP contribution in [0.1, 0.15) is 27.7 Å². The molecule has 0 N–H and O–H groups in total. The largest absolute Gasteiger partial charge is 0.372 e. The highest BCUT2D eigenvalue weighted by Gasteiger charge is 2.26. The highest BCUT2D eigenvalue weighted by Crippen LogP contribution is 2.14. The monoisotopic (exact) mass is 171 g/mol. The van der Waals surface area contributed by atoms with Gasteiger partial charge in [-0.3, -0.25) is 4.90 Å². The Morgan fingerprint density at radius 1 is 1.33 bits per heavy atom. The summed E-state index contributed by atoms with van der Waals surface area (Å²) >= 11 is 0. The fourth-order valence-electron chi connectivity index (χ4n) is 1.40. The van der Waals surface area contributed by atoms with E-state index in [1.54, 1.807) is 0 Å². The number of ether oxygens (including phenoxy) is 1. The minimum absolute atomic E-state index is 0.533. The standard InChI is InChI=1S/C10H21NO/c1-8(2)5-11(9(3)4)6-10-7-12-10/h8-10H,5-7H2,1-4H3. The summed E-state index contributed by atoms with van der Waals surface area (Å²) in [5.74, 6) is 0.756. The third-order valence-corrected chi connectivity index (χ3v) is 2.17. The first-order valence-electron chi connectivity index (χ1n) is 4.95. The van der Waals surface area contributed by atoms with Gasteiger partial charge in [0, 0.05) is 19.1 Å². The molecule has 0 radical (unpaired) electrons. The second-order valence-electron chi connectivity index (χ2n) is 4.40. The lowest BCUT2D eigenvalue weighted by atomic mass is 10.1. The number of epoxide rings is 1. The lowest BCUT2D eigenvalue weighted by Gasteiger charge is -2.27. The summed E-state index contributed by atoms with van der Waals surface area (Å²) in [6.45, 7) is 12.3. The van der Waals surface area contributed by atoms with E-state index in [2.05, 4.69) is 32.6 Å². The zero-order chi connectivity index (χ0) is 9.14. The van der Waals surface area contributed by atoms with Crippen molar-refractivity contribution in [2.24, 2.45) is 5.92 Å². The summed E-state index contributed by atoms with van der Waals surface area (Å²) < 4.78 is 5.23. The molecule has 1 atom stereocenters. The molecule has 12 heavy (non-hydrogen) atoms. The number of nitrogens with zero attached hydrogens (tertiary/aromatic N) is 1. The van der Waals surface area contributed by atoms with E-state index in [0.717, 1.165) is 19.1 Å². The second kappa shape index (κ2) is 4.24. The van der Waals surface area contributed by atoms with Crippen LogP contribution in [0.25, 0.3) is 0 Å². The molecule has 72 valence electrons. The van der Waals surface area contributed by atoms with Crippen molar-refractivity contribution in [3.05, 3.63) is 0 Å². The molecule has 0 aromatic carbocycles. The molecule has 1 unspecified atom stereocenters. The van der Waals surface area contributed by atoms with Gasteiger partial charge in [-0.2, -0.15) is 0 Å². The molecule has 1 heterocycles. The smallest absolute Gasteiger partial charge is 0.0936 e. The molecule has 0 aliphatic carbocycles. The first-order chi connectivity index (χ1) is 5.59. The molecule has 1 aliphatic heterocycles. The normalized spacial score (nSPS) is 22.8. The Morgan fingerprint density at radius 3 is 2.25 bits per heavy atom. The quantitative estimate of drug-likeness (QED) is 0.586. The van der Waals surface area contributed by atoms with Crippen LogP contribution < -0.4 is 0 Å². The fraction of sp³-hybridized carbons (Fsp3) is 1.00. The molecule has 2 heteroatoms. The topological polar surface area (TPSA) is 15.8 Å². The van der Waals surface area contributed by atoms with Crippen LogP contribution >= 0.6 is 0 Å². The van der Waals surface area contributed by atoms with Gasteiger partial charge >= 0.3 is 0 Å². The van der Waals surface area contributed by atoms with Crippen molar-refractivity contribution in [3.63, 3.8) is 0 Å². The van der Waals surface area contributed by atoms with Crippen molar-refractivity contribution in [2.45, 2.75) is 39.8 Å². The summed E-state index contributed by atoms with van der Waals surface area (Å²) in [6.07, 6.45) is 0.533. The first kappa shape index (κ1) is 10.0. The van der Waals surface area contributed by atoms with Crippen LogP contribution in [-0.4, -0.2) is 36.7 Å². The van der Waals surface area contributed by atoms with Crippen molar-refractivity contribution >= 4 is 0 Å². The third-order valence-electron chi connectivity index (χ3n) is 2.17.